The highest BCUT2D eigenvalue weighted by atomic mass is 35.5. The molecule has 0 saturated carbocycles. The fourth-order valence-corrected chi connectivity index (χ4v) is 2.19. The molecule has 1 atom stereocenters. The van der Waals surface area contributed by atoms with E-state index in [2.05, 4.69) is 5.32 Å². The van der Waals surface area contributed by atoms with Crippen LogP contribution in [0.2, 0.25) is 5.02 Å². The smallest absolute Gasteiger partial charge is 0.260 e. The molecule has 0 fully saturated rings. The Kier molecular flexibility index (Phi) is 7.89. The Hall–Kier alpha value is -1.75. The van der Waals surface area contributed by atoms with Gasteiger partial charge in [-0.3, -0.25) is 9.59 Å². The number of ether oxygens (including phenoxy) is 1. The van der Waals surface area contributed by atoms with E-state index in [0.29, 0.717) is 29.5 Å². The van der Waals surface area contributed by atoms with Gasteiger partial charge in [0.2, 0.25) is 5.91 Å². The molecule has 6 heteroatoms. The molecule has 128 valence electrons. The van der Waals surface area contributed by atoms with Gasteiger partial charge in [0.15, 0.2) is 6.61 Å². The molecule has 5 nitrogen and oxygen atoms in total. The van der Waals surface area contributed by atoms with Crippen LogP contribution in [-0.2, 0) is 9.59 Å². The van der Waals surface area contributed by atoms with Crippen LogP contribution in [-0.4, -0.2) is 36.4 Å². The summed E-state index contributed by atoms with van der Waals surface area (Å²) in [5.41, 5.74) is 0.614. The third kappa shape index (κ3) is 5.75. The van der Waals surface area contributed by atoms with Crippen LogP contribution in [0.3, 0.4) is 0 Å². The topological polar surface area (TPSA) is 58.6 Å². The number of halogens is 1. The van der Waals surface area contributed by atoms with E-state index >= 15 is 0 Å². The summed E-state index contributed by atoms with van der Waals surface area (Å²) < 4.78 is 5.48. The van der Waals surface area contributed by atoms with Crippen molar-refractivity contribution in [1.29, 1.82) is 0 Å². The first-order valence-corrected chi connectivity index (χ1v) is 8.31. The highest BCUT2D eigenvalue weighted by molar-refractivity contribution is 6.32. The van der Waals surface area contributed by atoms with E-state index in [4.69, 9.17) is 16.3 Å². The summed E-state index contributed by atoms with van der Waals surface area (Å²) >= 11 is 6.16. The van der Waals surface area contributed by atoms with Crippen LogP contribution in [0.4, 0.5) is 5.69 Å². The molecule has 1 N–H and O–H groups in total. The van der Waals surface area contributed by atoms with Crippen LogP contribution in [0.1, 0.15) is 34.1 Å². The number of nitrogens with one attached hydrogen (secondary N) is 1. The summed E-state index contributed by atoms with van der Waals surface area (Å²) in [5.74, 6) is 0.235. The zero-order chi connectivity index (χ0) is 17.4. The van der Waals surface area contributed by atoms with Crippen molar-refractivity contribution in [3.05, 3.63) is 23.2 Å². The maximum Gasteiger partial charge on any atom is 0.260 e. The monoisotopic (exact) mass is 340 g/mol. The minimum absolute atomic E-state index is 0.0473. The Labute approximate surface area is 142 Å². The zero-order valence-corrected chi connectivity index (χ0v) is 14.9. The predicted molar refractivity (Wildman–Crippen MR) is 93.0 cm³/mol. The van der Waals surface area contributed by atoms with Crippen molar-refractivity contribution in [2.45, 2.75) is 34.1 Å². The number of carbonyl (C=O) groups is 2. The number of nitrogens with zero attached hydrogens (tertiary/aromatic N) is 1. The molecule has 0 aliphatic heterocycles. The second kappa shape index (κ2) is 9.40. The van der Waals surface area contributed by atoms with Gasteiger partial charge in [0.1, 0.15) is 5.75 Å². The average Bonchev–Trinajstić information content (AvgIpc) is 2.54. The van der Waals surface area contributed by atoms with E-state index < -0.39 is 0 Å². The normalized spacial score (nSPS) is 11.7. The standard InChI is InChI=1S/C17H25ClN2O3/c1-5-12(4)17(22)19-13-8-9-15(14(18)10-13)23-11-16(21)20(6-2)7-3/h8-10,12H,5-7,11H2,1-4H3,(H,19,22)/t12-/m1/s1. The Balaban J connectivity index is 2.66. The van der Waals surface area contributed by atoms with E-state index in [1.165, 1.54) is 0 Å². The molecule has 23 heavy (non-hydrogen) atoms. The van der Waals surface area contributed by atoms with E-state index in [9.17, 15) is 9.59 Å². The number of likely N-dealkylation sites (N-methyl/N-ethyl adjacent to an activating group) is 1. The lowest BCUT2D eigenvalue weighted by Crippen LogP contribution is -2.34. The van der Waals surface area contributed by atoms with Crippen LogP contribution < -0.4 is 10.1 Å². The molecule has 0 bridgehead atoms. The highest BCUT2D eigenvalue weighted by Crippen LogP contribution is 2.28. The Morgan fingerprint density at radius 2 is 1.91 bits per heavy atom. The molecule has 0 spiro atoms. The number of benzene rings is 1. The third-order valence-corrected chi connectivity index (χ3v) is 4.02. The van der Waals surface area contributed by atoms with E-state index in [0.717, 1.165) is 6.42 Å². The molecule has 1 aromatic carbocycles. The van der Waals surface area contributed by atoms with Gasteiger partial charge in [-0.2, -0.15) is 0 Å². The van der Waals surface area contributed by atoms with E-state index in [1.807, 2.05) is 27.7 Å². The van der Waals surface area contributed by atoms with Gasteiger partial charge in [-0.25, -0.2) is 0 Å². The summed E-state index contributed by atoms with van der Waals surface area (Å²) in [6.07, 6.45) is 0.772. The lowest BCUT2D eigenvalue weighted by atomic mass is 10.1. The van der Waals surface area contributed by atoms with Crippen molar-refractivity contribution >= 4 is 29.1 Å². The van der Waals surface area contributed by atoms with Gasteiger partial charge < -0.3 is 15.0 Å². The first-order chi connectivity index (χ1) is 10.9. The first kappa shape index (κ1) is 19.3. The maximum absolute atomic E-state index is 11.9. The molecule has 0 aromatic heterocycles. The highest BCUT2D eigenvalue weighted by Gasteiger charge is 2.13. The largest absolute Gasteiger partial charge is 0.482 e. The van der Waals surface area contributed by atoms with Crippen molar-refractivity contribution < 1.29 is 14.3 Å². The van der Waals surface area contributed by atoms with Crippen molar-refractivity contribution in [2.24, 2.45) is 5.92 Å². The van der Waals surface area contributed by atoms with Crippen LogP contribution >= 0.6 is 11.6 Å². The molecule has 0 heterocycles. The zero-order valence-electron chi connectivity index (χ0n) is 14.2. The number of anilines is 1. The Morgan fingerprint density at radius 1 is 1.26 bits per heavy atom. The van der Waals surface area contributed by atoms with Gasteiger partial charge >= 0.3 is 0 Å². The lowest BCUT2D eigenvalue weighted by molar-refractivity contribution is -0.133. The summed E-state index contributed by atoms with van der Waals surface area (Å²) in [6, 6.07) is 4.99. The van der Waals surface area contributed by atoms with Crippen molar-refractivity contribution in [1.82, 2.24) is 4.90 Å². The molecule has 1 rings (SSSR count). The second-order valence-electron chi connectivity index (χ2n) is 5.30. The molecule has 1 aromatic rings. The number of carbonyl (C=O) groups excluding carboxylic acids is 2. The van der Waals surface area contributed by atoms with E-state index in [-0.39, 0.29) is 24.3 Å². The van der Waals surface area contributed by atoms with Gasteiger partial charge in [0, 0.05) is 24.7 Å². The minimum Gasteiger partial charge on any atom is -0.482 e. The third-order valence-electron chi connectivity index (χ3n) is 3.73. The number of rotatable bonds is 8. The van der Waals surface area contributed by atoms with Gasteiger partial charge in [-0.15, -0.1) is 0 Å². The lowest BCUT2D eigenvalue weighted by Gasteiger charge is -2.19. The molecule has 0 aliphatic carbocycles. The number of hydrogen-bond donors (Lipinski definition) is 1. The molecular weight excluding hydrogens is 316 g/mol. The molecule has 2 amide bonds. The molecule has 0 saturated heterocycles. The van der Waals surface area contributed by atoms with Gasteiger partial charge in [0.05, 0.1) is 5.02 Å². The minimum atomic E-state index is -0.0831. The van der Waals surface area contributed by atoms with Gasteiger partial charge in [0.25, 0.3) is 5.91 Å². The Bertz CT molecular complexity index is 545. The number of hydrogen-bond acceptors (Lipinski definition) is 3. The number of amides is 2. The summed E-state index contributed by atoms with van der Waals surface area (Å²) in [6.45, 7) is 8.90. The van der Waals surface area contributed by atoms with Crippen molar-refractivity contribution in [2.75, 3.05) is 25.0 Å². The summed E-state index contributed by atoms with van der Waals surface area (Å²) in [7, 11) is 0. The Morgan fingerprint density at radius 3 is 2.43 bits per heavy atom. The molecular formula is C17H25ClN2O3. The SMILES string of the molecule is CC[C@@H](C)C(=O)Nc1ccc(OCC(=O)N(CC)CC)c(Cl)c1. The summed E-state index contributed by atoms with van der Waals surface area (Å²) in [4.78, 5) is 25.5. The van der Waals surface area contributed by atoms with Crippen LogP contribution in [0.15, 0.2) is 18.2 Å². The van der Waals surface area contributed by atoms with Crippen LogP contribution in [0.25, 0.3) is 0 Å². The van der Waals surface area contributed by atoms with Crippen molar-refractivity contribution in [3.63, 3.8) is 0 Å². The fourth-order valence-electron chi connectivity index (χ4n) is 1.95. The van der Waals surface area contributed by atoms with Gasteiger partial charge in [-0.1, -0.05) is 25.4 Å². The fraction of sp³-hybridized carbons (Fsp3) is 0.529. The first-order valence-electron chi connectivity index (χ1n) is 7.93. The maximum atomic E-state index is 11.9. The van der Waals surface area contributed by atoms with Crippen LogP contribution in [0, 0.1) is 5.92 Å². The van der Waals surface area contributed by atoms with Crippen molar-refractivity contribution in [3.8, 4) is 5.75 Å². The molecule has 0 aliphatic rings. The molecule has 0 unspecified atom stereocenters. The quantitative estimate of drug-likeness (QED) is 0.787. The van der Waals surface area contributed by atoms with E-state index in [1.54, 1.807) is 23.1 Å². The average molecular weight is 341 g/mol. The summed E-state index contributed by atoms with van der Waals surface area (Å²) in [5, 5.41) is 3.17. The predicted octanol–water partition coefficient (Wildman–Crippen LogP) is 3.57. The molecule has 0 radical (unpaired) electrons. The van der Waals surface area contributed by atoms with Crippen LogP contribution in [0.5, 0.6) is 5.75 Å². The van der Waals surface area contributed by atoms with Gasteiger partial charge in [-0.05, 0) is 38.5 Å². The second-order valence-corrected chi connectivity index (χ2v) is 5.71.